The molecule has 3 aliphatic rings. The van der Waals surface area contributed by atoms with Crippen LogP contribution in [0.3, 0.4) is 0 Å². The maximum absolute atomic E-state index is 13.4. The standard InChI is InChI=1S/C22H28FNO3/c1-20(2)21(3)10-11-22(20,27-19(21)26)18(25)24-12-8-16(9-13-24)14-15-4-6-17(23)7-5-15/h4-7,16H,8-14H2,1-3H3/t21-,22?/m0/s1. The zero-order chi connectivity index (χ0) is 19.4. The summed E-state index contributed by atoms with van der Waals surface area (Å²) in [5.41, 5.74) is -0.914. The van der Waals surface area contributed by atoms with Crippen molar-refractivity contribution < 1.29 is 18.7 Å². The number of carbonyl (C=O) groups is 2. The van der Waals surface area contributed by atoms with Gasteiger partial charge in [0.2, 0.25) is 0 Å². The topological polar surface area (TPSA) is 46.6 Å². The van der Waals surface area contributed by atoms with Crippen molar-refractivity contribution in [3.63, 3.8) is 0 Å². The van der Waals surface area contributed by atoms with E-state index < -0.39 is 16.4 Å². The fourth-order valence-corrected chi connectivity index (χ4v) is 5.27. The molecule has 146 valence electrons. The van der Waals surface area contributed by atoms with Crippen molar-refractivity contribution in [1.29, 1.82) is 0 Å². The number of fused-ring (bicyclic) bond motifs is 2. The average Bonchev–Trinajstić information content (AvgIpc) is 2.94. The molecule has 0 radical (unpaired) electrons. The highest BCUT2D eigenvalue weighted by Gasteiger charge is 2.76. The van der Waals surface area contributed by atoms with E-state index in [0.29, 0.717) is 31.8 Å². The first kappa shape index (κ1) is 18.5. The van der Waals surface area contributed by atoms with E-state index in [-0.39, 0.29) is 17.7 Å². The van der Waals surface area contributed by atoms with E-state index in [9.17, 15) is 14.0 Å². The van der Waals surface area contributed by atoms with Crippen molar-refractivity contribution in [2.24, 2.45) is 16.7 Å². The fraction of sp³-hybridized carbons (Fsp3) is 0.636. The van der Waals surface area contributed by atoms with Crippen molar-refractivity contribution in [3.8, 4) is 0 Å². The van der Waals surface area contributed by atoms with E-state index in [0.717, 1.165) is 24.8 Å². The smallest absolute Gasteiger partial charge is 0.313 e. The number of esters is 1. The highest BCUT2D eigenvalue weighted by Crippen LogP contribution is 2.66. The van der Waals surface area contributed by atoms with Gasteiger partial charge in [-0.15, -0.1) is 0 Å². The second-order valence-electron chi connectivity index (χ2n) is 9.24. The maximum Gasteiger partial charge on any atom is 0.313 e. The van der Waals surface area contributed by atoms with Gasteiger partial charge in [0.25, 0.3) is 5.91 Å². The Morgan fingerprint density at radius 1 is 1.15 bits per heavy atom. The van der Waals surface area contributed by atoms with Gasteiger partial charge in [0.15, 0.2) is 5.60 Å². The van der Waals surface area contributed by atoms with Crippen LogP contribution >= 0.6 is 0 Å². The molecule has 0 aromatic heterocycles. The summed E-state index contributed by atoms with van der Waals surface area (Å²) in [7, 11) is 0. The van der Waals surface area contributed by atoms with Gasteiger partial charge in [-0.1, -0.05) is 26.0 Å². The van der Waals surface area contributed by atoms with Crippen LogP contribution in [0, 0.1) is 22.6 Å². The zero-order valence-corrected chi connectivity index (χ0v) is 16.4. The number of ether oxygens (including phenoxy) is 1. The Labute approximate surface area is 160 Å². The highest BCUT2D eigenvalue weighted by molar-refractivity contribution is 5.96. The summed E-state index contributed by atoms with van der Waals surface area (Å²) in [5, 5.41) is 0. The lowest BCUT2D eigenvalue weighted by Gasteiger charge is -2.41. The third-order valence-corrected chi connectivity index (χ3v) is 7.77. The molecule has 2 saturated heterocycles. The molecule has 4 rings (SSSR count). The number of benzene rings is 1. The van der Waals surface area contributed by atoms with Crippen LogP contribution in [0.1, 0.15) is 52.0 Å². The summed E-state index contributed by atoms with van der Waals surface area (Å²) in [6.45, 7) is 7.33. The number of hydrogen-bond acceptors (Lipinski definition) is 3. The minimum Gasteiger partial charge on any atom is -0.448 e. The molecule has 1 saturated carbocycles. The molecule has 0 N–H and O–H groups in total. The predicted octanol–water partition coefficient (Wildman–Crippen LogP) is 3.73. The average molecular weight is 373 g/mol. The molecular formula is C22H28FNO3. The van der Waals surface area contributed by atoms with E-state index in [1.165, 1.54) is 12.1 Å². The van der Waals surface area contributed by atoms with Crippen LogP contribution in [0.15, 0.2) is 24.3 Å². The minimum absolute atomic E-state index is 0.0118. The van der Waals surface area contributed by atoms with Gasteiger partial charge in [0.05, 0.1) is 5.41 Å². The lowest BCUT2D eigenvalue weighted by molar-refractivity contribution is -0.174. The summed E-state index contributed by atoms with van der Waals surface area (Å²) in [6, 6.07) is 6.68. The summed E-state index contributed by atoms with van der Waals surface area (Å²) < 4.78 is 18.8. The second-order valence-corrected chi connectivity index (χ2v) is 9.24. The Kier molecular flexibility index (Phi) is 4.13. The number of halogens is 1. The number of likely N-dealkylation sites (tertiary alicyclic amines) is 1. The molecule has 5 heteroatoms. The fourth-order valence-electron chi connectivity index (χ4n) is 5.27. The second kappa shape index (κ2) is 6.05. The van der Waals surface area contributed by atoms with Gasteiger partial charge in [-0.2, -0.15) is 0 Å². The van der Waals surface area contributed by atoms with Crippen molar-refractivity contribution in [2.75, 3.05) is 13.1 Å². The first-order valence-corrected chi connectivity index (χ1v) is 9.97. The van der Waals surface area contributed by atoms with Crippen LogP contribution in [-0.2, 0) is 20.7 Å². The quantitative estimate of drug-likeness (QED) is 0.759. The molecule has 3 fully saturated rings. The minimum atomic E-state index is -0.997. The largest absolute Gasteiger partial charge is 0.448 e. The van der Waals surface area contributed by atoms with Crippen molar-refractivity contribution in [2.45, 2.75) is 58.5 Å². The van der Waals surface area contributed by atoms with Crippen molar-refractivity contribution >= 4 is 11.9 Å². The third-order valence-electron chi connectivity index (χ3n) is 7.77. The van der Waals surface area contributed by atoms with E-state index in [1.54, 1.807) is 0 Å². The number of piperidine rings is 1. The van der Waals surface area contributed by atoms with E-state index in [1.807, 2.05) is 37.8 Å². The lowest BCUT2D eigenvalue weighted by Crippen LogP contribution is -2.56. The first-order valence-electron chi connectivity index (χ1n) is 9.97. The van der Waals surface area contributed by atoms with Gasteiger partial charge in [0.1, 0.15) is 5.82 Å². The molecule has 2 heterocycles. The summed E-state index contributed by atoms with van der Waals surface area (Å²) >= 11 is 0. The zero-order valence-electron chi connectivity index (χ0n) is 16.4. The van der Waals surface area contributed by atoms with Gasteiger partial charge in [0, 0.05) is 18.5 Å². The van der Waals surface area contributed by atoms with Crippen molar-refractivity contribution in [3.05, 3.63) is 35.6 Å². The molecule has 0 spiro atoms. The number of hydrogen-bond donors (Lipinski definition) is 0. The summed E-state index contributed by atoms with van der Waals surface area (Å²) in [6.07, 6.45) is 4.09. The van der Waals surface area contributed by atoms with Crippen LogP contribution in [-0.4, -0.2) is 35.5 Å². The Hall–Kier alpha value is -1.91. The van der Waals surface area contributed by atoms with E-state index >= 15 is 0 Å². The van der Waals surface area contributed by atoms with Crippen LogP contribution in [0.5, 0.6) is 0 Å². The van der Waals surface area contributed by atoms with Gasteiger partial charge < -0.3 is 9.64 Å². The molecule has 1 aromatic rings. The van der Waals surface area contributed by atoms with Crippen LogP contribution < -0.4 is 0 Å². The monoisotopic (exact) mass is 373 g/mol. The molecule has 1 unspecified atom stereocenters. The summed E-state index contributed by atoms with van der Waals surface area (Å²) in [4.78, 5) is 27.7. The molecule has 1 amide bonds. The van der Waals surface area contributed by atoms with Gasteiger partial charge in [-0.25, -0.2) is 4.39 Å². The molecule has 4 nitrogen and oxygen atoms in total. The molecule has 1 aliphatic carbocycles. The van der Waals surface area contributed by atoms with E-state index in [2.05, 4.69) is 0 Å². The van der Waals surface area contributed by atoms with Crippen LogP contribution in [0.2, 0.25) is 0 Å². The summed E-state index contributed by atoms with van der Waals surface area (Å²) in [5.74, 6) is 0.0429. The van der Waals surface area contributed by atoms with Gasteiger partial charge >= 0.3 is 5.97 Å². The predicted molar refractivity (Wildman–Crippen MR) is 99.4 cm³/mol. The van der Waals surface area contributed by atoms with Gasteiger partial charge in [-0.3, -0.25) is 9.59 Å². The first-order chi connectivity index (χ1) is 12.7. The normalized spacial score (nSPS) is 32.6. The number of amides is 1. The molecular weight excluding hydrogens is 345 g/mol. The Morgan fingerprint density at radius 2 is 1.78 bits per heavy atom. The molecule has 2 bridgehead atoms. The highest BCUT2D eigenvalue weighted by atomic mass is 19.1. The van der Waals surface area contributed by atoms with Crippen LogP contribution in [0.25, 0.3) is 0 Å². The molecule has 2 atom stereocenters. The number of nitrogens with zero attached hydrogens (tertiary/aromatic N) is 1. The Morgan fingerprint density at radius 3 is 2.30 bits per heavy atom. The molecule has 2 aliphatic heterocycles. The number of carbonyl (C=O) groups excluding carboxylic acids is 2. The lowest BCUT2D eigenvalue weighted by atomic mass is 9.66. The van der Waals surface area contributed by atoms with Crippen LogP contribution in [0.4, 0.5) is 4.39 Å². The Bertz CT molecular complexity index is 766. The molecule has 27 heavy (non-hydrogen) atoms. The van der Waals surface area contributed by atoms with Gasteiger partial charge in [-0.05, 0) is 62.6 Å². The maximum atomic E-state index is 13.4. The van der Waals surface area contributed by atoms with E-state index in [4.69, 9.17) is 4.74 Å². The molecule has 1 aromatic carbocycles. The SMILES string of the molecule is CC1(C)C2(C(=O)N3CCC(Cc4ccc(F)cc4)CC3)CC[C@@]1(C)C(=O)O2. The third kappa shape index (κ3) is 2.54. The Balaban J connectivity index is 1.42. The van der Waals surface area contributed by atoms with Crippen molar-refractivity contribution in [1.82, 2.24) is 4.90 Å². The number of rotatable bonds is 3.